The van der Waals surface area contributed by atoms with Gasteiger partial charge in [0.05, 0.1) is 17.6 Å². The Morgan fingerprint density at radius 3 is 2.81 bits per heavy atom. The molecule has 0 fully saturated rings. The van der Waals surface area contributed by atoms with Gasteiger partial charge in [-0.3, -0.25) is 9.82 Å². The Bertz CT molecular complexity index is 846. The molecule has 2 heterocycles. The number of nitrogens with zero attached hydrogens (tertiary/aromatic N) is 5. The number of hydrogen-bond acceptors (Lipinski definition) is 6. The van der Waals surface area contributed by atoms with E-state index in [0.717, 1.165) is 6.07 Å². The molecule has 0 bridgehead atoms. The molecule has 0 saturated carbocycles. The van der Waals surface area contributed by atoms with Gasteiger partial charge in [0.2, 0.25) is 0 Å². The van der Waals surface area contributed by atoms with E-state index in [1.807, 2.05) is 0 Å². The molecule has 0 amide bonds. The minimum atomic E-state index is -3.95. The molecule has 2 N–H and O–H groups in total. The highest BCUT2D eigenvalue weighted by atomic mass is 32.2. The van der Waals surface area contributed by atoms with Crippen molar-refractivity contribution >= 4 is 15.7 Å². The fraction of sp³-hybridized carbons (Fsp3) is 0. The first-order valence-corrected chi connectivity index (χ1v) is 7.10. The summed E-state index contributed by atoms with van der Waals surface area (Å²) >= 11 is 0. The molecule has 3 rings (SSSR count). The van der Waals surface area contributed by atoms with Gasteiger partial charge >= 0.3 is 0 Å². The highest BCUT2D eigenvalue weighted by molar-refractivity contribution is 7.92. The molecule has 0 unspecified atom stereocenters. The van der Waals surface area contributed by atoms with Gasteiger partial charge in [-0.25, -0.2) is 9.07 Å². The van der Waals surface area contributed by atoms with Crippen LogP contribution in [0.2, 0.25) is 0 Å². The summed E-state index contributed by atoms with van der Waals surface area (Å²) in [6, 6.07) is 5.06. The quantitative estimate of drug-likeness (QED) is 0.716. The lowest BCUT2D eigenvalue weighted by Gasteiger charge is -2.09. The van der Waals surface area contributed by atoms with Gasteiger partial charge in [0.1, 0.15) is 12.1 Å². The van der Waals surface area contributed by atoms with Crippen LogP contribution < -0.4 is 4.72 Å². The molecule has 11 heteroatoms. The predicted octanol–water partition coefficient (Wildman–Crippen LogP) is 0.325. The third-order valence-corrected chi connectivity index (χ3v) is 3.87. The number of anilines is 1. The Morgan fingerprint density at radius 1 is 1.29 bits per heavy atom. The third kappa shape index (κ3) is 2.58. The first kappa shape index (κ1) is 13.2. The predicted molar refractivity (Wildman–Crippen MR) is 68.5 cm³/mol. The normalized spacial score (nSPS) is 11.5. The molecule has 0 saturated heterocycles. The van der Waals surface area contributed by atoms with Gasteiger partial charge in [-0.05, 0) is 34.7 Å². The molecule has 0 aliphatic carbocycles. The average Bonchev–Trinajstić information content (AvgIpc) is 3.14. The zero-order valence-corrected chi connectivity index (χ0v) is 11.1. The summed E-state index contributed by atoms with van der Waals surface area (Å²) in [6.45, 7) is 0. The fourth-order valence-electron chi connectivity index (χ4n) is 1.61. The molecule has 3 aromatic rings. The highest BCUT2D eigenvalue weighted by Crippen LogP contribution is 2.21. The standard InChI is InChI=1S/C10H8FN7O2S/c11-8-2-1-7(18-6-13-16-17-18)5-9(8)15-21(19,20)10-3-4-12-14-10/h1-6,15H,(H,12,14). The molecular formula is C10H8FN7O2S. The minimum absolute atomic E-state index is 0.172. The van der Waals surface area contributed by atoms with E-state index in [4.69, 9.17) is 0 Å². The smallest absolute Gasteiger partial charge is 0.275 e. The molecule has 108 valence electrons. The maximum absolute atomic E-state index is 13.8. The topological polar surface area (TPSA) is 118 Å². The fourth-order valence-corrected chi connectivity index (χ4v) is 2.57. The number of nitrogens with one attached hydrogen (secondary N) is 2. The van der Waals surface area contributed by atoms with Crippen molar-refractivity contribution in [1.29, 1.82) is 0 Å². The number of hydrogen-bond donors (Lipinski definition) is 2. The largest absolute Gasteiger partial charge is 0.278 e. The Hall–Kier alpha value is -2.82. The maximum Gasteiger partial charge on any atom is 0.278 e. The van der Waals surface area contributed by atoms with Crippen LogP contribution in [0.1, 0.15) is 0 Å². The van der Waals surface area contributed by atoms with Gasteiger partial charge in [-0.2, -0.15) is 13.5 Å². The van der Waals surface area contributed by atoms with E-state index in [1.54, 1.807) is 0 Å². The van der Waals surface area contributed by atoms with Crippen molar-refractivity contribution in [3.05, 3.63) is 42.6 Å². The second-order valence-corrected chi connectivity index (χ2v) is 5.60. The van der Waals surface area contributed by atoms with Crippen LogP contribution in [0.4, 0.5) is 10.1 Å². The number of H-pyrrole nitrogens is 1. The Morgan fingerprint density at radius 2 is 2.14 bits per heavy atom. The molecule has 21 heavy (non-hydrogen) atoms. The summed E-state index contributed by atoms with van der Waals surface area (Å²) < 4.78 is 41.2. The van der Waals surface area contributed by atoms with Gasteiger partial charge in [0.15, 0.2) is 5.03 Å². The number of benzene rings is 1. The molecular weight excluding hydrogens is 301 g/mol. The van der Waals surface area contributed by atoms with E-state index >= 15 is 0 Å². The monoisotopic (exact) mass is 309 g/mol. The summed E-state index contributed by atoms with van der Waals surface area (Å²) in [7, 11) is -3.95. The van der Waals surface area contributed by atoms with Gasteiger partial charge in [-0.15, -0.1) is 5.10 Å². The number of aromatic amines is 1. The lowest BCUT2D eigenvalue weighted by Crippen LogP contribution is -2.15. The van der Waals surface area contributed by atoms with E-state index in [9.17, 15) is 12.8 Å². The van der Waals surface area contributed by atoms with Crippen LogP contribution in [0, 0.1) is 5.82 Å². The van der Waals surface area contributed by atoms with Crippen molar-refractivity contribution < 1.29 is 12.8 Å². The van der Waals surface area contributed by atoms with Crippen LogP contribution in [0.5, 0.6) is 0 Å². The lowest BCUT2D eigenvalue weighted by atomic mass is 10.3. The molecule has 0 radical (unpaired) electrons. The molecule has 0 aliphatic heterocycles. The number of sulfonamides is 1. The minimum Gasteiger partial charge on any atom is -0.275 e. The third-order valence-electron chi connectivity index (χ3n) is 2.57. The zero-order valence-electron chi connectivity index (χ0n) is 10.3. The van der Waals surface area contributed by atoms with Crippen LogP contribution in [0.15, 0.2) is 41.8 Å². The summed E-state index contributed by atoms with van der Waals surface area (Å²) in [4.78, 5) is 0. The van der Waals surface area contributed by atoms with Crippen LogP contribution >= 0.6 is 0 Å². The first-order valence-electron chi connectivity index (χ1n) is 5.61. The summed E-state index contributed by atoms with van der Waals surface area (Å²) in [5, 5.41) is 16.2. The molecule has 2 aromatic heterocycles. The van der Waals surface area contributed by atoms with Crippen LogP contribution in [0.25, 0.3) is 5.69 Å². The highest BCUT2D eigenvalue weighted by Gasteiger charge is 2.18. The van der Waals surface area contributed by atoms with Crippen LogP contribution in [-0.2, 0) is 10.0 Å². The second kappa shape index (κ2) is 4.94. The Balaban J connectivity index is 1.97. The van der Waals surface area contributed by atoms with Gasteiger partial charge in [-0.1, -0.05) is 0 Å². The van der Waals surface area contributed by atoms with E-state index in [1.165, 1.54) is 35.4 Å². The molecule has 1 aromatic carbocycles. The van der Waals surface area contributed by atoms with E-state index in [2.05, 4.69) is 30.4 Å². The number of halogens is 1. The lowest BCUT2D eigenvalue weighted by molar-refractivity contribution is 0.594. The number of rotatable bonds is 4. The average molecular weight is 309 g/mol. The van der Waals surface area contributed by atoms with Crippen LogP contribution in [-0.4, -0.2) is 38.8 Å². The maximum atomic E-state index is 13.8. The van der Waals surface area contributed by atoms with Crippen molar-refractivity contribution in [3.63, 3.8) is 0 Å². The zero-order chi connectivity index (χ0) is 14.9. The van der Waals surface area contributed by atoms with Crippen molar-refractivity contribution in [2.24, 2.45) is 0 Å². The van der Waals surface area contributed by atoms with E-state index < -0.39 is 15.8 Å². The molecule has 0 atom stereocenters. The molecule has 0 spiro atoms. The Kier molecular flexibility index (Phi) is 3.10. The van der Waals surface area contributed by atoms with Gasteiger partial charge in [0, 0.05) is 0 Å². The number of tetrazole rings is 1. The van der Waals surface area contributed by atoms with Crippen molar-refractivity contribution in [1.82, 2.24) is 30.4 Å². The van der Waals surface area contributed by atoms with Crippen molar-refractivity contribution in [2.45, 2.75) is 5.03 Å². The van der Waals surface area contributed by atoms with Crippen molar-refractivity contribution in [2.75, 3.05) is 4.72 Å². The van der Waals surface area contributed by atoms with Gasteiger partial charge < -0.3 is 0 Å². The van der Waals surface area contributed by atoms with Crippen LogP contribution in [0.3, 0.4) is 0 Å². The SMILES string of the molecule is O=S(=O)(Nc1cc(-n2cnnn2)ccc1F)c1ccn[nH]1. The Labute approximate surface area is 117 Å². The van der Waals surface area contributed by atoms with E-state index in [-0.39, 0.29) is 10.7 Å². The van der Waals surface area contributed by atoms with Gasteiger partial charge in [0.25, 0.3) is 10.0 Å². The molecule has 0 aliphatic rings. The summed E-state index contributed by atoms with van der Waals surface area (Å²) in [5.74, 6) is -0.727. The number of aromatic nitrogens is 6. The molecule has 9 nitrogen and oxygen atoms in total. The second-order valence-electron chi connectivity index (χ2n) is 3.94. The summed E-state index contributed by atoms with van der Waals surface area (Å²) in [6.07, 6.45) is 2.59. The first-order chi connectivity index (χ1) is 10.1. The van der Waals surface area contributed by atoms with E-state index in [0.29, 0.717) is 5.69 Å². The summed E-state index contributed by atoms with van der Waals surface area (Å²) in [5.41, 5.74) is 0.182. The van der Waals surface area contributed by atoms with Crippen molar-refractivity contribution in [3.8, 4) is 5.69 Å².